The molecule has 0 radical (unpaired) electrons. The SMILES string of the molecule is CCCNC1CCN(c2ccn(C)n2)CC1C. The third-order valence-electron chi connectivity index (χ3n) is 3.59. The largest absolute Gasteiger partial charge is 0.355 e. The maximum Gasteiger partial charge on any atom is 0.150 e. The van der Waals surface area contributed by atoms with Crippen LogP contribution in [-0.2, 0) is 7.05 Å². The van der Waals surface area contributed by atoms with Gasteiger partial charge in [-0.25, -0.2) is 0 Å². The molecule has 0 aliphatic carbocycles. The first-order chi connectivity index (χ1) is 8.20. The van der Waals surface area contributed by atoms with Crippen molar-refractivity contribution in [2.24, 2.45) is 13.0 Å². The van der Waals surface area contributed by atoms with Crippen molar-refractivity contribution in [3.8, 4) is 0 Å². The standard InChI is InChI=1S/C13H24N4/c1-4-7-14-12-5-9-17(10-11(12)2)13-6-8-16(3)15-13/h6,8,11-12,14H,4-5,7,9-10H2,1-3H3. The van der Waals surface area contributed by atoms with Crippen molar-refractivity contribution >= 4 is 5.82 Å². The molecule has 0 aromatic carbocycles. The predicted molar refractivity (Wildman–Crippen MR) is 71.3 cm³/mol. The number of aryl methyl sites for hydroxylation is 1. The lowest BCUT2D eigenvalue weighted by Gasteiger charge is -2.37. The second-order valence-corrected chi connectivity index (χ2v) is 5.12. The molecule has 2 rings (SSSR count). The van der Waals surface area contributed by atoms with Gasteiger partial charge in [0.05, 0.1) is 0 Å². The Morgan fingerprint density at radius 2 is 2.35 bits per heavy atom. The van der Waals surface area contributed by atoms with Crippen LogP contribution in [-0.4, -0.2) is 35.5 Å². The summed E-state index contributed by atoms with van der Waals surface area (Å²) in [6.45, 7) is 7.92. The zero-order valence-electron chi connectivity index (χ0n) is 11.2. The van der Waals surface area contributed by atoms with Gasteiger partial charge in [-0.2, -0.15) is 5.10 Å². The first-order valence-electron chi connectivity index (χ1n) is 6.68. The van der Waals surface area contributed by atoms with Gasteiger partial charge in [-0.1, -0.05) is 13.8 Å². The summed E-state index contributed by atoms with van der Waals surface area (Å²) >= 11 is 0. The quantitative estimate of drug-likeness (QED) is 0.862. The van der Waals surface area contributed by atoms with E-state index in [9.17, 15) is 0 Å². The minimum atomic E-state index is 0.676. The Labute approximate surface area is 104 Å². The molecule has 1 aromatic heterocycles. The number of aromatic nitrogens is 2. The Morgan fingerprint density at radius 3 is 2.94 bits per heavy atom. The number of nitrogens with zero attached hydrogens (tertiary/aromatic N) is 3. The zero-order chi connectivity index (χ0) is 12.3. The van der Waals surface area contributed by atoms with Gasteiger partial charge >= 0.3 is 0 Å². The van der Waals surface area contributed by atoms with E-state index in [0.29, 0.717) is 12.0 Å². The highest BCUT2D eigenvalue weighted by Crippen LogP contribution is 2.21. The van der Waals surface area contributed by atoms with Crippen LogP contribution >= 0.6 is 0 Å². The van der Waals surface area contributed by atoms with Gasteiger partial charge in [0.1, 0.15) is 0 Å². The van der Waals surface area contributed by atoms with Crippen molar-refractivity contribution in [3.05, 3.63) is 12.3 Å². The van der Waals surface area contributed by atoms with Crippen LogP contribution in [0.3, 0.4) is 0 Å². The Balaban J connectivity index is 1.90. The van der Waals surface area contributed by atoms with E-state index in [1.807, 2.05) is 17.9 Å². The van der Waals surface area contributed by atoms with E-state index in [-0.39, 0.29) is 0 Å². The number of nitrogens with one attached hydrogen (secondary N) is 1. The topological polar surface area (TPSA) is 33.1 Å². The van der Waals surface area contributed by atoms with E-state index in [0.717, 1.165) is 25.5 Å². The molecular formula is C13H24N4. The maximum atomic E-state index is 4.48. The number of anilines is 1. The van der Waals surface area contributed by atoms with Gasteiger partial charge < -0.3 is 10.2 Å². The van der Waals surface area contributed by atoms with Crippen molar-refractivity contribution in [1.82, 2.24) is 15.1 Å². The summed E-state index contributed by atoms with van der Waals surface area (Å²) in [4.78, 5) is 2.40. The lowest BCUT2D eigenvalue weighted by atomic mass is 9.94. The molecule has 96 valence electrons. The third-order valence-corrected chi connectivity index (χ3v) is 3.59. The van der Waals surface area contributed by atoms with E-state index in [2.05, 4.69) is 35.2 Å². The molecule has 2 heterocycles. The van der Waals surface area contributed by atoms with Gasteiger partial charge in [-0.05, 0) is 25.3 Å². The Bertz CT molecular complexity index is 347. The van der Waals surface area contributed by atoms with E-state index in [1.165, 1.54) is 12.8 Å². The summed E-state index contributed by atoms with van der Waals surface area (Å²) in [5.41, 5.74) is 0. The number of piperidine rings is 1. The van der Waals surface area contributed by atoms with Crippen LogP contribution in [0.5, 0.6) is 0 Å². The molecule has 1 aromatic rings. The van der Waals surface area contributed by atoms with E-state index in [1.54, 1.807) is 0 Å². The molecule has 1 aliphatic rings. The molecule has 2 atom stereocenters. The average molecular weight is 236 g/mol. The highest BCUT2D eigenvalue weighted by atomic mass is 15.3. The second kappa shape index (κ2) is 5.54. The zero-order valence-corrected chi connectivity index (χ0v) is 11.2. The van der Waals surface area contributed by atoms with Crippen LogP contribution in [0.15, 0.2) is 12.3 Å². The van der Waals surface area contributed by atoms with Crippen molar-refractivity contribution in [2.75, 3.05) is 24.5 Å². The van der Waals surface area contributed by atoms with Crippen LogP contribution in [0.2, 0.25) is 0 Å². The van der Waals surface area contributed by atoms with Gasteiger partial charge in [-0.3, -0.25) is 4.68 Å². The lowest BCUT2D eigenvalue weighted by Crippen LogP contribution is -2.48. The van der Waals surface area contributed by atoms with E-state index in [4.69, 9.17) is 0 Å². The van der Waals surface area contributed by atoms with Crippen molar-refractivity contribution in [3.63, 3.8) is 0 Å². The number of hydrogen-bond acceptors (Lipinski definition) is 3. The van der Waals surface area contributed by atoms with Crippen LogP contribution in [0.4, 0.5) is 5.82 Å². The lowest BCUT2D eigenvalue weighted by molar-refractivity contribution is 0.321. The molecule has 1 aliphatic heterocycles. The smallest absolute Gasteiger partial charge is 0.150 e. The fourth-order valence-electron chi connectivity index (χ4n) is 2.56. The molecule has 2 unspecified atom stereocenters. The van der Waals surface area contributed by atoms with Crippen LogP contribution < -0.4 is 10.2 Å². The van der Waals surface area contributed by atoms with Gasteiger partial charge in [0, 0.05) is 38.4 Å². The number of hydrogen-bond donors (Lipinski definition) is 1. The Kier molecular flexibility index (Phi) is 4.05. The average Bonchev–Trinajstić information content (AvgIpc) is 2.74. The Morgan fingerprint density at radius 1 is 1.53 bits per heavy atom. The Hall–Kier alpha value is -1.03. The van der Waals surface area contributed by atoms with Gasteiger partial charge in [0.2, 0.25) is 0 Å². The number of rotatable bonds is 4. The monoisotopic (exact) mass is 236 g/mol. The van der Waals surface area contributed by atoms with Gasteiger partial charge in [-0.15, -0.1) is 0 Å². The highest BCUT2D eigenvalue weighted by molar-refractivity contribution is 5.37. The minimum Gasteiger partial charge on any atom is -0.355 e. The highest BCUT2D eigenvalue weighted by Gasteiger charge is 2.26. The normalized spacial score (nSPS) is 25.2. The molecule has 1 N–H and O–H groups in total. The summed E-state index contributed by atoms with van der Waals surface area (Å²) in [6, 6.07) is 2.78. The summed E-state index contributed by atoms with van der Waals surface area (Å²) in [6.07, 6.45) is 4.45. The van der Waals surface area contributed by atoms with E-state index >= 15 is 0 Å². The summed E-state index contributed by atoms with van der Waals surface area (Å²) in [7, 11) is 1.97. The van der Waals surface area contributed by atoms with Gasteiger partial charge in [0.25, 0.3) is 0 Å². The minimum absolute atomic E-state index is 0.676. The van der Waals surface area contributed by atoms with Crippen molar-refractivity contribution < 1.29 is 0 Å². The molecule has 0 amide bonds. The molecular weight excluding hydrogens is 212 g/mol. The molecule has 0 spiro atoms. The molecule has 17 heavy (non-hydrogen) atoms. The van der Waals surface area contributed by atoms with Crippen LogP contribution in [0.25, 0.3) is 0 Å². The summed E-state index contributed by atoms with van der Waals surface area (Å²) in [5.74, 6) is 1.81. The molecule has 0 bridgehead atoms. The molecule has 4 heteroatoms. The summed E-state index contributed by atoms with van der Waals surface area (Å²) < 4.78 is 1.88. The second-order valence-electron chi connectivity index (χ2n) is 5.12. The predicted octanol–water partition coefficient (Wildman–Crippen LogP) is 1.63. The van der Waals surface area contributed by atoms with E-state index < -0.39 is 0 Å². The molecule has 0 saturated carbocycles. The van der Waals surface area contributed by atoms with Crippen molar-refractivity contribution in [1.29, 1.82) is 0 Å². The molecule has 1 saturated heterocycles. The first kappa shape index (κ1) is 12.4. The summed E-state index contributed by atoms with van der Waals surface area (Å²) in [5, 5.41) is 8.12. The van der Waals surface area contributed by atoms with Crippen LogP contribution in [0.1, 0.15) is 26.7 Å². The fourth-order valence-corrected chi connectivity index (χ4v) is 2.56. The maximum absolute atomic E-state index is 4.48. The third kappa shape index (κ3) is 3.00. The van der Waals surface area contributed by atoms with Crippen molar-refractivity contribution in [2.45, 2.75) is 32.7 Å². The molecule has 4 nitrogen and oxygen atoms in total. The van der Waals surface area contributed by atoms with Crippen LogP contribution in [0, 0.1) is 5.92 Å². The first-order valence-corrected chi connectivity index (χ1v) is 6.68. The van der Waals surface area contributed by atoms with Gasteiger partial charge in [0.15, 0.2) is 5.82 Å². The fraction of sp³-hybridized carbons (Fsp3) is 0.769. The molecule has 1 fully saturated rings.